The van der Waals surface area contributed by atoms with Crippen molar-refractivity contribution < 1.29 is 13.2 Å². The van der Waals surface area contributed by atoms with Crippen LogP contribution in [-0.4, -0.2) is 27.5 Å². The first-order chi connectivity index (χ1) is 7.29. The van der Waals surface area contributed by atoms with Crippen LogP contribution in [0, 0.1) is 0 Å². The lowest BCUT2D eigenvalue weighted by molar-refractivity contribution is -0.125. The third kappa shape index (κ3) is 3.80. The number of hydrogen-bond acceptors (Lipinski definition) is 3. The van der Waals surface area contributed by atoms with E-state index in [0.29, 0.717) is 11.6 Å². The highest BCUT2D eigenvalue weighted by molar-refractivity contribution is 4.96. The number of alkyl halides is 3. The number of nitrogens with zero attached hydrogens (tertiary/aromatic N) is 3. The van der Waals surface area contributed by atoms with E-state index < -0.39 is 12.7 Å². The molecule has 0 aliphatic carbocycles. The Morgan fingerprint density at radius 3 is 2.44 bits per heavy atom. The van der Waals surface area contributed by atoms with E-state index in [1.165, 1.54) is 4.68 Å². The molecule has 1 heterocycles. The molecule has 0 aliphatic heterocycles. The Balaban J connectivity index is 2.54. The third-order valence-corrected chi connectivity index (χ3v) is 1.99. The monoisotopic (exact) mass is 236 g/mol. The molecule has 0 atom stereocenters. The lowest BCUT2D eigenvalue weighted by Crippen LogP contribution is -2.29. The van der Waals surface area contributed by atoms with E-state index in [4.69, 9.17) is 0 Å². The molecule has 0 spiro atoms. The summed E-state index contributed by atoms with van der Waals surface area (Å²) in [7, 11) is 1.67. The minimum absolute atomic E-state index is 0.0652. The van der Waals surface area contributed by atoms with Gasteiger partial charge in [-0.2, -0.15) is 18.3 Å². The molecule has 0 radical (unpaired) electrons. The normalized spacial score (nSPS) is 12.4. The lowest BCUT2D eigenvalue weighted by Gasteiger charge is -2.06. The van der Waals surface area contributed by atoms with E-state index in [1.54, 1.807) is 7.05 Å². The molecule has 0 saturated carbocycles. The van der Waals surface area contributed by atoms with Gasteiger partial charge in [0.25, 0.3) is 0 Å². The maximum atomic E-state index is 11.9. The highest BCUT2D eigenvalue weighted by Gasteiger charge is 2.26. The van der Waals surface area contributed by atoms with Crippen LogP contribution >= 0.6 is 0 Å². The fourth-order valence-electron chi connectivity index (χ4n) is 1.15. The zero-order chi connectivity index (χ0) is 12.3. The van der Waals surface area contributed by atoms with Gasteiger partial charge in [-0.15, -0.1) is 0 Å². The summed E-state index contributed by atoms with van der Waals surface area (Å²) >= 11 is 0. The van der Waals surface area contributed by atoms with E-state index >= 15 is 0 Å². The second-order valence-electron chi connectivity index (χ2n) is 3.88. The Morgan fingerprint density at radius 1 is 1.38 bits per heavy atom. The van der Waals surface area contributed by atoms with Crippen LogP contribution in [0.15, 0.2) is 0 Å². The number of hydrogen-bond donors (Lipinski definition) is 1. The Morgan fingerprint density at radius 2 is 2.00 bits per heavy atom. The Labute approximate surface area is 91.9 Å². The SMILES string of the molecule is CC(C)c1nc(CNCC(F)(F)F)n(C)n1. The highest BCUT2D eigenvalue weighted by Crippen LogP contribution is 2.13. The minimum atomic E-state index is -4.19. The van der Waals surface area contributed by atoms with Crippen LogP contribution in [-0.2, 0) is 13.6 Å². The van der Waals surface area contributed by atoms with Crippen molar-refractivity contribution >= 4 is 0 Å². The third-order valence-electron chi connectivity index (χ3n) is 1.99. The van der Waals surface area contributed by atoms with E-state index in [1.807, 2.05) is 13.8 Å². The van der Waals surface area contributed by atoms with Crippen LogP contribution in [0.3, 0.4) is 0 Å². The van der Waals surface area contributed by atoms with Crippen molar-refractivity contribution in [3.8, 4) is 0 Å². The molecule has 0 amide bonds. The quantitative estimate of drug-likeness (QED) is 0.863. The predicted molar refractivity (Wildman–Crippen MR) is 52.9 cm³/mol. The smallest absolute Gasteiger partial charge is 0.302 e. The molecule has 92 valence electrons. The van der Waals surface area contributed by atoms with E-state index in [2.05, 4.69) is 15.4 Å². The predicted octanol–water partition coefficient (Wildman–Crippen LogP) is 1.59. The van der Waals surface area contributed by atoms with Gasteiger partial charge in [0.15, 0.2) is 5.82 Å². The largest absolute Gasteiger partial charge is 0.401 e. The van der Waals surface area contributed by atoms with Gasteiger partial charge in [0, 0.05) is 13.0 Å². The van der Waals surface area contributed by atoms with Gasteiger partial charge in [-0.05, 0) is 0 Å². The molecule has 0 unspecified atom stereocenters. The molecule has 0 saturated heterocycles. The standard InChI is InChI=1S/C9H15F3N4/c1-6(2)8-14-7(16(3)15-8)4-13-5-9(10,11)12/h6,13H,4-5H2,1-3H3. The van der Waals surface area contributed by atoms with Crippen molar-refractivity contribution in [3.63, 3.8) is 0 Å². The zero-order valence-corrected chi connectivity index (χ0v) is 9.47. The molecule has 0 fully saturated rings. The first kappa shape index (κ1) is 13.0. The van der Waals surface area contributed by atoms with Gasteiger partial charge < -0.3 is 5.32 Å². The molecule has 1 N–H and O–H groups in total. The van der Waals surface area contributed by atoms with Gasteiger partial charge >= 0.3 is 6.18 Å². The van der Waals surface area contributed by atoms with Crippen LogP contribution in [0.25, 0.3) is 0 Å². The van der Waals surface area contributed by atoms with Crippen molar-refractivity contribution in [1.82, 2.24) is 20.1 Å². The molecule has 4 nitrogen and oxygen atoms in total. The molecular weight excluding hydrogens is 221 g/mol. The van der Waals surface area contributed by atoms with E-state index in [0.717, 1.165) is 0 Å². The molecule has 0 aromatic carbocycles. The molecular formula is C9H15F3N4. The fourth-order valence-corrected chi connectivity index (χ4v) is 1.15. The van der Waals surface area contributed by atoms with Gasteiger partial charge in [-0.25, -0.2) is 4.98 Å². The summed E-state index contributed by atoms with van der Waals surface area (Å²) in [5, 5.41) is 6.40. The molecule has 0 bridgehead atoms. The van der Waals surface area contributed by atoms with Gasteiger partial charge in [0.05, 0.1) is 13.1 Å². The topological polar surface area (TPSA) is 42.7 Å². The second-order valence-corrected chi connectivity index (χ2v) is 3.88. The van der Waals surface area contributed by atoms with Crippen LogP contribution < -0.4 is 5.32 Å². The molecule has 1 aromatic heterocycles. The van der Waals surface area contributed by atoms with Crippen LogP contribution in [0.1, 0.15) is 31.4 Å². The van der Waals surface area contributed by atoms with Crippen molar-refractivity contribution in [2.45, 2.75) is 32.5 Å². The van der Waals surface area contributed by atoms with Crippen LogP contribution in [0.2, 0.25) is 0 Å². The van der Waals surface area contributed by atoms with Crippen LogP contribution in [0.4, 0.5) is 13.2 Å². The summed E-state index contributed by atoms with van der Waals surface area (Å²) in [6.07, 6.45) is -4.19. The van der Waals surface area contributed by atoms with Crippen molar-refractivity contribution in [2.24, 2.45) is 7.05 Å². The van der Waals surface area contributed by atoms with Crippen molar-refractivity contribution in [1.29, 1.82) is 0 Å². The van der Waals surface area contributed by atoms with Gasteiger partial charge in [0.2, 0.25) is 0 Å². The Kier molecular flexibility index (Phi) is 3.90. The number of rotatable bonds is 4. The van der Waals surface area contributed by atoms with Crippen LogP contribution in [0.5, 0.6) is 0 Å². The fraction of sp³-hybridized carbons (Fsp3) is 0.778. The van der Waals surface area contributed by atoms with Gasteiger partial charge in [-0.1, -0.05) is 13.8 Å². The number of aromatic nitrogens is 3. The van der Waals surface area contributed by atoms with Gasteiger partial charge in [-0.3, -0.25) is 4.68 Å². The maximum absolute atomic E-state index is 11.9. The van der Waals surface area contributed by atoms with E-state index in [9.17, 15) is 13.2 Å². The molecule has 16 heavy (non-hydrogen) atoms. The maximum Gasteiger partial charge on any atom is 0.401 e. The Hall–Kier alpha value is -1.11. The zero-order valence-electron chi connectivity index (χ0n) is 9.47. The summed E-state index contributed by atoms with van der Waals surface area (Å²) in [5.41, 5.74) is 0. The molecule has 7 heteroatoms. The first-order valence-corrected chi connectivity index (χ1v) is 4.97. The average Bonchev–Trinajstić information content (AvgIpc) is 2.46. The minimum Gasteiger partial charge on any atom is -0.302 e. The van der Waals surface area contributed by atoms with Gasteiger partial charge in [0.1, 0.15) is 5.82 Å². The summed E-state index contributed by atoms with van der Waals surface area (Å²) in [4.78, 5) is 4.15. The molecule has 1 aromatic rings. The van der Waals surface area contributed by atoms with Crippen molar-refractivity contribution in [2.75, 3.05) is 6.54 Å². The first-order valence-electron chi connectivity index (χ1n) is 4.97. The highest BCUT2D eigenvalue weighted by atomic mass is 19.4. The number of nitrogens with one attached hydrogen (secondary N) is 1. The van der Waals surface area contributed by atoms with Crippen molar-refractivity contribution in [3.05, 3.63) is 11.6 Å². The second kappa shape index (κ2) is 4.82. The van der Waals surface area contributed by atoms with E-state index in [-0.39, 0.29) is 12.5 Å². The summed E-state index contributed by atoms with van der Waals surface area (Å²) in [6, 6.07) is 0. The average molecular weight is 236 g/mol. The summed E-state index contributed by atoms with van der Waals surface area (Å²) in [5.74, 6) is 1.32. The Bertz CT molecular complexity index is 343. The molecule has 0 aliphatic rings. The molecule has 1 rings (SSSR count). The number of halogens is 3. The number of aryl methyl sites for hydroxylation is 1. The summed E-state index contributed by atoms with van der Waals surface area (Å²) < 4.78 is 37.2. The summed E-state index contributed by atoms with van der Waals surface area (Å²) in [6.45, 7) is 2.91. The lowest BCUT2D eigenvalue weighted by atomic mass is 10.2.